The van der Waals surface area contributed by atoms with E-state index in [2.05, 4.69) is 20.9 Å². The van der Waals surface area contributed by atoms with Gasteiger partial charge in [0.15, 0.2) is 0 Å². The number of aromatic nitrogens is 1. The predicted molar refractivity (Wildman–Crippen MR) is 152 cm³/mol. The van der Waals surface area contributed by atoms with Crippen molar-refractivity contribution in [2.45, 2.75) is 4.90 Å². The van der Waals surface area contributed by atoms with Gasteiger partial charge >= 0.3 is 0 Å². The van der Waals surface area contributed by atoms with E-state index in [9.17, 15) is 14.4 Å². The highest BCUT2D eigenvalue weighted by atomic mass is 35.5. The van der Waals surface area contributed by atoms with Crippen molar-refractivity contribution in [2.75, 3.05) is 16.4 Å². The third kappa shape index (κ3) is 7.80. The number of hydrogen-bond donors (Lipinski definition) is 3. The summed E-state index contributed by atoms with van der Waals surface area (Å²) in [5.41, 5.74) is 1.52. The highest BCUT2D eigenvalue weighted by molar-refractivity contribution is 8.00. The maximum atomic E-state index is 13.3. The largest absolute Gasteiger partial charge is 0.321 e. The van der Waals surface area contributed by atoms with Crippen LogP contribution < -0.4 is 16.0 Å². The summed E-state index contributed by atoms with van der Waals surface area (Å²) < 4.78 is 0. The normalized spacial score (nSPS) is 10.9. The zero-order valence-corrected chi connectivity index (χ0v) is 21.6. The average Bonchev–Trinajstić information content (AvgIpc) is 2.94. The van der Waals surface area contributed by atoms with E-state index in [0.717, 1.165) is 4.90 Å². The molecule has 3 aromatic carbocycles. The maximum Gasteiger partial charge on any atom is 0.272 e. The monoisotopic (exact) mass is 542 g/mol. The Bertz CT molecular complexity index is 1460. The molecule has 0 unspecified atom stereocenters. The van der Waals surface area contributed by atoms with E-state index in [1.807, 2.05) is 6.07 Å². The number of anilines is 2. The molecule has 0 aliphatic rings. The third-order valence-corrected chi connectivity index (χ3v) is 6.47. The Balaban J connectivity index is 1.46. The summed E-state index contributed by atoms with van der Waals surface area (Å²) in [6.07, 6.45) is 3.13. The second kappa shape index (κ2) is 13.2. The standard InChI is InChI=1S/C29H23ClN4O3S/c30-24-14-5-4-11-21(24)17-25(33-28(36)20-9-2-1-3-10-20)29(37)32-22-12-8-13-23(18-22)38-19-27(35)34-26-15-6-7-16-31-26/h1-18H,19H2,(H,32,37)(H,33,36)(H,31,34,35)/b25-17+. The molecule has 0 spiro atoms. The summed E-state index contributed by atoms with van der Waals surface area (Å²) in [5.74, 6) is -0.503. The Hall–Kier alpha value is -4.40. The van der Waals surface area contributed by atoms with Gasteiger partial charge in [-0.15, -0.1) is 11.8 Å². The number of pyridine rings is 1. The van der Waals surface area contributed by atoms with Crippen LogP contribution in [-0.4, -0.2) is 28.5 Å². The second-order valence-corrected chi connectivity index (χ2v) is 9.39. The fourth-order valence-corrected chi connectivity index (χ4v) is 4.26. The SMILES string of the molecule is O=C(CSc1cccc(NC(=O)/C(=C\c2ccccc2Cl)NC(=O)c2ccccc2)c1)Nc1ccccn1. The van der Waals surface area contributed by atoms with Crippen molar-refractivity contribution >= 4 is 58.7 Å². The molecule has 3 N–H and O–H groups in total. The van der Waals surface area contributed by atoms with Gasteiger partial charge in [-0.3, -0.25) is 14.4 Å². The molecule has 190 valence electrons. The number of carbonyl (C=O) groups excluding carboxylic acids is 3. The summed E-state index contributed by atoms with van der Waals surface area (Å²) in [4.78, 5) is 43.2. The summed E-state index contributed by atoms with van der Waals surface area (Å²) in [7, 11) is 0. The lowest BCUT2D eigenvalue weighted by Crippen LogP contribution is -2.30. The number of amides is 3. The first-order valence-electron chi connectivity index (χ1n) is 11.6. The smallest absolute Gasteiger partial charge is 0.272 e. The van der Waals surface area contributed by atoms with Crippen LogP contribution in [0.5, 0.6) is 0 Å². The predicted octanol–water partition coefficient (Wildman–Crippen LogP) is 5.88. The van der Waals surface area contributed by atoms with Crippen LogP contribution in [0, 0.1) is 0 Å². The Labute approximate surface area is 229 Å². The van der Waals surface area contributed by atoms with Gasteiger partial charge in [-0.25, -0.2) is 4.98 Å². The fourth-order valence-electron chi connectivity index (χ4n) is 3.32. The van der Waals surface area contributed by atoms with E-state index in [4.69, 9.17) is 11.6 Å². The lowest BCUT2D eigenvalue weighted by atomic mass is 10.1. The molecule has 7 nitrogen and oxygen atoms in total. The highest BCUT2D eigenvalue weighted by Crippen LogP contribution is 2.23. The summed E-state index contributed by atoms with van der Waals surface area (Å²) >= 11 is 7.61. The molecule has 1 heterocycles. The molecule has 0 bridgehead atoms. The van der Waals surface area contributed by atoms with Crippen molar-refractivity contribution in [3.05, 3.63) is 125 Å². The Morgan fingerprint density at radius 3 is 2.37 bits per heavy atom. The van der Waals surface area contributed by atoms with Gasteiger partial charge < -0.3 is 16.0 Å². The van der Waals surface area contributed by atoms with Crippen LogP contribution in [-0.2, 0) is 9.59 Å². The Morgan fingerprint density at radius 2 is 1.61 bits per heavy atom. The minimum absolute atomic E-state index is 0.0275. The molecule has 38 heavy (non-hydrogen) atoms. The minimum Gasteiger partial charge on any atom is -0.321 e. The van der Waals surface area contributed by atoms with Crippen LogP contribution in [0.1, 0.15) is 15.9 Å². The van der Waals surface area contributed by atoms with Gasteiger partial charge in [-0.1, -0.05) is 60.1 Å². The first-order chi connectivity index (χ1) is 18.5. The number of nitrogens with zero attached hydrogens (tertiary/aromatic N) is 1. The number of hydrogen-bond acceptors (Lipinski definition) is 5. The second-order valence-electron chi connectivity index (χ2n) is 7.93. The number of nitrogens with one attached hydrogen (secondary N) is 3. The van der Waals surface area contributed by atoms with Gasteiger partial charge in [0.05, 0.1) is 5.75 Å². The lowest BCUT2D eigenvalue weighted by molar-refractivity contribution is -0.114. The van der Waals surface area contributed by atoms with Crippen molar-refractivity contribution in [1.29, 1.82) is 0 Å². The van der Waals surface area contributed by atoms with Crippen molar-refractivity contribution in [3.8, 4) is 0 Å². The van der Waals surface area contributed by atoms with E-state index >= 15 is 0 Å². The molecule has 0 fully saturated rings. The van der Waals surface area contributed by atoms with Crippen molar-refractivity contribution in [3.63, 3.8) is 0 Å². The number of carbonyl (C=O) groups is 3. The van der Waals surface area contributed by atoms with Gasteiger partial charge in [0.25, 0.3) is 11.8 Å². The molecule has 0 radical (unpaired) electrons. The molecular formula is C29H23ClN4O3S. The Kier molecular flexibility index (Phi) is 9.28. The lowest BCUT2D eigenvalue weighted by Gasteiger charge is -2.12. The van der Waals surface area contributed by atoms with Gasteiger partial charge in [-0.2, -0.15) is 0 Å². The number of benzene rings is 3. The highest BCUT2D eigenvalue weighted by Gasteiger charge is 2.16. The van der Waals surface area contributed by atoms with Gasteiger partial charge in [-0.05, 0) is 60.2 Å². The Morgan fingerprint density at radius 1 is 0.842 bits per heavy atom. The average molecular weight is 543 g/mol. The van der Waals surface area contributed by atoms with Crippen LogP contribution >= 0.6 is 23.4 Å². The number of halogens is 1. The number of rotatable bonds is 9. The first kappa shape index (κ1) is 26.7. The zero-order chi connectivity index (χ0) is 26.7. The minimum atomic E-state index is -0.524. The maximum absolute atomic E-state index is 13.3. The van der Waals surface area contributed by atoms with Gasteiger partial charge in [0.1, 0.15) is 11.5 Å². The van der Waals surface area contributed by atoms with Crippen LogP contribution in [0.2, 0.25) is 5.02 Å². The van der Waals surface area contributed by atoms with E-state index in [-0.39, 0.29) is 17.4 Å². The van der Waals surface area contributed by atoms with Gasteiger partial charge in [0.2, 0.25) is 5.91 Å². The number of thioether (sulfide) groups is 1. The molecule has 0 atom stereocenters. The quantitative estimate of drug-likeness (QED) is 0.181. The summed E-state index contributed by atoms with van der Waals surface area (Å²) in [6, 6.07) is 28.0. The van der Waals surface area contributed by atoms with E-state index in [0.29, 0.717) is 27.7 Å². The molecule has 0 aliphatic heterocycles. The van der Waals surface area contributed by atoms with Crippen molar-refractivity contribution in [2.24, 2.45) is 0 Å². The summed E-state index contributed by atoms with van der Waals surface area (Å²) in [6.45, 7) is 0. The molecule has 1 aromatic heterocycles. The van der Waals surface area contributed by atoms with E-state index in [1.165, 1.54) is 17.8 Å². The molecule has 9 heteroatoms. The van der Waals surface area contributed by atoms with E-state index < -0.39 is 11.8 Å². The summed E-state index contributed by atoms with van der Waals surface area (Å²) in [5, 5.41) is 8.69. The van der Waals surface area contributed by atoms with Gasteiger partial charge in [0, 0.05) is 27.4 Å². The van der Waals surface area contributed by atoms with Crippen molar-refractivity contribution in [1.82, 2.24) is 10.3 Å². The zero-order valence-electron chi connectivity index (χ0n) is 20.1. The first-order valence-corrected chi connectivity index (χ1v) is 12.9. The molecule has 0 saturated carbocycles. The molecule has 0 saturated heterocycles. The third-order valence-electron chi connectivity index (χ3n) is 5.13. The topological polar surface area (TPSA) is 100 Å². The molecule has 4 rings (SSSR count). The molecule has 3 amide bonds. The van der Waals surface area contributed by atoms with Crippen LogP contribution in [0.4, 0.5) is 11.5 Å². The fraction of sp³-hybridized carbons (Fsp3) is 0.0345. The van der Waals surface area contributed by atoms with Crippen LogP contribution in [0.15, 0.2) is 114 Å². The molecular weight excluding hydrogens is 520 g/mol. The molecule has 4 aromatic rings. The molecule has 0 aliphatic carbocycles. The van der Waals surface area contributed by atoms with E-state index in [1.54, 1.807) is 97.2 Å². The van der Waals surface area contributed by atoms with Crippen LogP contribution in [0.3, 0.4) is 0 Å². The van der Waals surface area contributed by atoms with Crippen LogP contribution in [0.25, 0.3) is 6.08 Å². The van der Waals surface area contributed by atoms with Crippen molar-refractivity contribution < 1.29 is 14.4 Å².